The lowest BCUT2D eigenvalue weighted by Crippen LogP contribution is -2.50. The highest BCUT2D eigenvalue weighted by molar-refractivity contribution is 5.77. The highest BCUT2D eigenvalue weighted by atomic mass is 19.4. The summed E-state index contributed by atoms with van der Waals surface area (Å²) in [5, 5.41) is 0. The molecule has 4 rings (SSSR count). The van der Waals surface area contributed by atoms with E-state index in [4.69, 9.17) is 0 Å². The van der Waals surface area contributed by atoms with E-state index in [2.05, 4.69) is 23.6 Å². The summed E-state index contributed by atoms with van der Waals surface area (Å²) >= 11 is 0. The Labute approximate surface area is 174 Å². The van der Waals surface area contributed by atoms with Gasteiger partial charge in [-0.15, -0.1) is 0 Å². The van der Waals surface area contributed by atoms with Gasteiger partial charge in [-0.05, 0) is 36.5 Å². The van der Waals surface area contributed by atoms with Crippen molar-refractivity contribution in [1.29, 1.82) is 0 Å². The minimum Gasteiger partial charge on any atom is -0.365 e. The SMILES string of the molecule is C=C1c2ccccc2C2(CCN(C(=O)CCc3ccccc3C(F)(F)F)CC2)N1C. The maximum absolute atomic E-state index is 13.2. The molecule has 0 radical (unpaired) electrons. The number of rotatable bonds is 3. The zero-order chi connectivity index (χ0) is 21.5. The summed E-state index contributed by atoms with van der Waals surface area (Å²) in [6.07, 6.45) is -2.66. The van der Waals surface area contributed by atoms with E-state index in [1.54, 1.807) is 11.0 Å². The Morgan fingerprint density at radius 2 is 1.70 bits per heavy atom. The third-order valence-electron chi connectivity index (χ3n) is 6.66. The molecule has 1 spiro atoms. The Morgan fingerprint density at radius 3 is 2.40 bits per heavy atom. The summed E-state index contributed by atoms with van der Waals surface area (Å²) in [6.45, 7) is 5.40. The van der Waals surface area contributed by atoms with E-state index < -0.39 is 11.7 Å². The number of likely N-dealkylation sites (tertiary alicyclic amines) is 1. The van der Waals surface area contributed by atoms with Gasteiger partial charge in [-0.1, -0.05) is 49.0 Å². The molecule has 0 bridgehead atoms. The van der Waals surface area contributed by atoms with Crippen molar-refractivity contribution < 1.29 is 18.0 Å². The molecule has 2 aromatic rings. The second-order valence-electron chi connectivity index (χ2n) is 8.12. The molecule has 158 valence electrons. The van der Waals surface area contributed by atoms with E-state index in [0.717, 1.165) is 30.2 Å². The molecule has 0 aromatic heterocycles. The fourth-order valence-corrected chi connectivity index (χ4v) is 4.91. The van der Waals surface area contributed by atoms with Gasteiger partial charge in [0.25, 0.3) is 0 Å². The van der Waals surface area contributed by atoms with Crippen LogP contribution in [0.2, 0.25) is 0 Å². The number of alkyl halides is 3. The average molecular weight is 414 g/mol. The summed E-state index contributed by atoms with van der Waals surface area (Å²) in [5.74, 6) is -0.0883. The van der Waals surface area contributed by atoms with Gasteiger partial charge in [0.15, 0.2) is 0 Å². The monoisotopic (exact) mass is 414 g/mol. The molecule has 6 heteroatoms. The number of hydrogen-bond acceptors (Lipinski definition) is 2. The van der Waals surface area contributed by atoms with Crippen LogP contribution in [0.5, 0.6) is 0 Å². The first kappa shape index (κ1) is 20.5. The molecule has 2 aromatic carbocycles. The molecule has 30 heavy (non-hydrogen) atoms. The molecule has 1 saturated heterocycles. The van der Waals surface area contributed by atoms with Gasteiger partial charge in [0.1, 0.15) is 0 Å². The number of benzene rings is 2. The van der Waals surface area contributed by atoms with Crippen LogP contribution in [0.3, 0.4) is 0 Å². The summed E-state index contributed by atoms with van der Waals surface area (Å²) in [5.41, 5.74) is 2.76. The first-order valence-electron chi connectivity index (χ1n) is 10.2. The van der Waals surface area contributed by atoms with Gasteiger partial charge in [-0.25, -0.2) is 0 Å². The van der Waals surface area contributed by atoms with Gasteiger partial charge < -0.3 is 9.80 Å². The van der Waals surface area contributed by atoms with E-state index in [9.17, 15) is 18.0 Å². The number of hydrogen-bond donors (Lipinski definition) is 0. The second kappa shape index (κ2) is 7.49. The summed E-state index contributed by atoms with van der Waals surface area (Å²) < 4.78 is 39.5. The van der Waals surface area contributed by atoms with Crippen molar-refractivity contribution in [3.63, 3.8) is 0 Å². The van der Waals surface area contributed by atoms with Crippen molar-refractivity contribution in [2.45, 2.75) is 37.4 Å². The Hall–Kier alpha value is -2.76. The highest BCUT2D eigenvalue weighted by Gasteiger charge is 2.47. The van der Waals surface area contributed by atoms with E-state index in [-0.39, 0.29) is 29.9 Å². The standard InChI is InChI=1S/C24H25F3N2O/c1-17-19-8-4-6-10-21(19)23(28(17)2)13-15-29(16-14-23)22(30)12-11-18-7-3-5-9-20(18)24(25,26)27/h3-10H,1,11-16H2,2H3. The predicted octanol–water partition coefficient (Wildman–Crippen LogP) is 5.07. The van der Waals surface area contributed by atoms with E-state index in [1.165, 1.54) is 17.7 Å². The van der Waals surface area contributed by atoms with Crippen molar-refractivity contribution >= 4 is 11.6 Å². The van der Waals surface area contributed by atoms with Crippen LogP contribution in [0.1, 0.15) is 41.5 Å². The fourth-order valence-electron chi connectivity index (χ4n) is 4.91. The summed E-state index contributed by atoms with van der Waals surface area (Å²) in [6, 6.07) is 13.7. The van der Waals surface area contributed by atoms with E-state index in [1.807, 2.05) is 19.2 Å². The molecule has 2 aliphatic rings. The summed E-state index contributed by atoms with van der Waals surface area (Å²) in [4.78, 5) is 16.8. The third kappa shape index (κ3) is 3.38. The number of fused-ring (bicyclic) bond motifs is 2. The molecule has 0 unspecified atom stereocenters. The maximum Gasteiger partial charge on any atom is 0.416 e. The van der Waals surface area contributed by atoms with Gasteiger partial charge in [0.2, 0.25) is 5.91 Å². The van der Waals surface area contributed by atoms with Crippen LogP contribution >= 0.6 is 0 Å². The van der Waals surface area contributed by atoms with Gasteiger partial charge in [-0.2, -0.15) is 13.2 Å². The first-order valence-corrected chi connectivity index (χ1v) is 10.2. The number of carbonyl (C=O) groups excluding carboxylic acids is 1. The zero-order valence-electron chi connectivity index (χ0n) is 17.0. The Morgan fingerprint density at radius 1 is 1.07 bits per heavy atom. The first-order chi connectivity index (χ1) is 14.2. The minimum absolute atomic E-state index is 0.0826. The van der Waals surface area contributed by atoms with Crippen molar-refractivity contribution in [1.82, 2.24) is 9.80 Å². The molecule has 3 nitrogen and oxygen atoms in total. The van der Waals surface area contributed by atoms with Crippen LogP contribution in [0.25, 0.3) is 5.70 Å². The molecule has 1 fully saturated rings. The molecule has 0 N–H and O–H groups in total. The molecule has 0 atom stereocenters. The quantitative estimate of drug-likeness (QED) is 0.700. The molecule has 2 aliphatic heterocycles. The van der Waals surface area contributed by atoms with Crippen molar-refractivity contribution in [2.75, 3.05) is 20.1 Å². The summed E-state index contributed by atoms with van der Waals surface area (Å²) in [7, 11) is 2.05. The van der Waals surface area contributed by atoms with Gasteiger partial charge in [-0.3, -0.25) is 4.79 Å². The molecular formula is C24H25F3N2O. The Bertz CT molecular complexity index is 974. The number of piperidine rings is 1. The number of aryl methyl sites for hydroxylation is 1. The second-order valence-corrected chi connectivity index (χ2v) is 8.12. The molecular weight excluding hydrogens is 389 g/mol. The largest absolute Gasteiger partial charge is 0.416 e. The van der Waals surface area contributed by atoms with E-state index >= 15 is 0 Å². The molecule has 1 amide bonds. The topological polar surface area (TPSA) is 23.6 Å². The maximum atomic E-state index is 13.2. The lowest BCUT2D eigenvalue weighted by Gasteiger charge is -2.45. The van der Waals surface area contributed by atoms with Crippen molar-refractivity contribution in [2.24, 2.45) is 0 Å². The Balaban J connectivity index is 1.42. The number of carbonyl (C=O) groups is 1. The van der Waals surface area contributed by atoms with E-state index in [0.29, 0.717) is 13.1 Å². The van der Waals surface area contributed by atoms with Crippen LogP contribution in [0.15, 0.2) is 55.1 Å². The van der Waals surface area contributed by atoms with Crippen molar-refractivity contribution in [3.8, 4) is 0 Å². The molecule has 0 aliphatic carbocycles. The Kier molecular flexibility index (Phi) is 5.12. The highest BCUT2D eigenvalue weighted by Crippen LogP contribution is 2.49. The van der Waals surface area contributed by atoms with Crippen LogP contribution in [-0.2, 0) is 22.9 Å². The number of halogens is 3. The average Bonchev–Trinajstić information content (AvgIpc) is 2.94. The minimum atomic E-state index is -4.40. The van der Waals surface area contributed by atoms with Crippen LogP contribution in [0.4, 0.5) is 13.2 Å². The van der Waals surface area contributed by atoms with Crippen molar-refractivity contribution in [3.05, 3.63) is 77.4 Å². The fraction of sp³-hybridized carbons (Fsp3) is 0.375. The van der Waals surface area contributed by atoms with Crippen LogP contribution in [-0.4, -0.2) is 35.8 Å². The normalized spacial score (nSPS) is 18.1. The van der Waals surface area contributed by atoms with Crippen LogP contribution < -0.4 is 0 Å². The van der Waals surface area contributed by atoms with Crippen LogP contribution in [0, 0.1) is 0 Å². The molecule has 0 saturated carbocycles. The lowest BCUT2D eigenvalue weighted by atomic mass is 9.81. The number of amides is 1. The smallest absolute Gasteiger partial charge is 0.365 e. The van der Waals surface area contributed by atoms with Gasteiger partial charge >= 0.3 is 6.18 Å². The lowest BCUT2D eigenvalue weighted by molar-refractivity contribution is -0.139. The van der Waals surface area contributed by atoms with Gasteiger partial charge in [0, 0.05) is 37.8 Å². The predicted molar refractivity (Wildman–Crippen MR) is 110 cm³/mol. The zero-order valence-corrected chi connectivity index (χ0v) is 17.0. The third-order valence-corrected chi connectivity index (χ3v) is 6.66. The number of nitrogens with zero attached hydrogens (tertiary/aromatic N) is 2. The molecule has 2 heterocycles. The van der Waals surface area contributed by atoms with Gasteiger partial charge in [0.05, 0.1) is 11.1 Å².